The number of allylic oxidation sites excluding steroid dienone is 4. The molecule has 0 unspecified atom stereocenters. The number of carboxylic acids is 2. The maximum absolute atomic E-state index is 10.7. The monoisotopic (exact) mass is 304 g/mol. The minimum atomic E-state index is -1.47. The molecule has 0 radical (unpaired) electrons. The van der Waals surface area contributed by atoms with Gasteiger partial charge in [0.1, 0.15) is 5.57 Å². The molecule has 0 bridgehead atoms. The molecule has 4 nitrogen and oxygen atoms in total. The van der Waals surface area contributed by atoms with Crippen LogP contribution in [0, 0.1) is 0 Å². The Labute approximate surface area is 126 Å². The number of rotatable bonds is 4. The number of aryl methyl sites for hydroxylation is 1. The summed E-state index contributed by atoms with van der Waals surface area (Å²) in [7, 11) is 0. The fourth-order valence-corrected chi connectivity index (χ4v) is 2.50. The number of carboxylic acid groups (broad SMARTS) is 2. The summed E-state index contributed by atoms with van der Waals surface area (Å²) in [5.41, 5.74) is 2.32. The van der Waals surface area contributed by atoms with E-state index >= 15 is 0 Å². The second kappa shape index (κ2) is 6.41. The van der Waals surface area contributed by atoms with E-state index < -0.39 is 17.5 Å². The summed E-state index contributed by atoms with van der Waals surface area (Å²) in [5, 5.41) is 18.1. The Morgan fingerprint density at radius 2 is 1.76 bits per heavy atom. The van der Waals surface area contributed by atoms with Crippen molar-refractivity contribution in [2.45, 2.75) is 12.8 Å². The molecule has 108 valence electrons. The molecule has 0 fully saturated rings. The van der Waals surface area contributed by atoms with E-state index in [0.29, 0.717) is 5.03 Å². The summed E-state index contributed by atoms with van der Waals surface area (Å²) in [6.45, 7) is 0. The molecule has 1 aromatic carbocycles. The topological polar surface area (TPSA) is 74.6 Å². The second-order valence-electron chi connectivity index (χ2n) is 4.55. The van der Waals surface area contributed by atoms with Gasteiger partial charge in [0.05, 0.1) is 5.03 Å². The van der Waals surface area contributed by atoms with E-state index in [9.17, 15) is 9.59 Å². The van der Waals surface area contributed by atoms with E-state index in [-0.39, 0.29) is 0 Å². The highest BCUT2D eigenvalue weighted by atomic mass is 35.5. The molecule has 0 saturated carbocycles. The van der Waals surface area contributed by atoms with Gasteiger partial charge in [-0.1, -0.05) is 48.0 Å². The summed E-state index contributed by atoms with van der Waals surface area (Å²) in [6, 6.07) is 7.81. The number of halogens is 1. The summed E-state index contributed by atoms with van der Waals surface area (Å²) in [5.74, 6) is -2.94. The number of carbonyl (C=O) groups is 2. The minimum absolute atomic E-state index is 0.619. The van der Waals surface area contributed by atoms with Crippen LogP contribution in [0.25, 0.3) is 5.03 Å². The van der Waals surface area contributed by atoms with Crippen molar-refractivity contribution in [1.29, 1.82) is 0 Å². The van der Waals surface area contributed by atoms with Gasteiger partial charge >= 0.3 is 11.9 Å². The van der Waals surface area contributed by atoms with Crippen LogP contribution in [0.3, 0.4) is 0 Å². The lowest BCUT2D eigenvalue weighted by Gasteiger charge is -2.17. The van der Waals surface area contributed by atoms with Gasteiger partial charge in [0.25, 0.3) is 0 Å². The molecule has 1 aliphatic rings. The zero-order valence-corrected chi connectivity index (χ0v) is 11.8. The number of hydrogen-bond acceptors (Lipinski definition) is 2. The normalized spacial score (nSPS) is 14.0. The SMILES string of the molecule is O=C(O)C(=C/C=C/C1=C(Cl)c2ccccc2CC1)C(=O)O. The first kappa shape index (κ1) is 15.1. The molecule has 0 saturated heterocycles. The van der Waals surface area contributed by atoms with E-state index in [4.69, 9.17) is 21.8 Å². The lowest BCUT2D eigenvalue weighted by Crippen LogP contribution is -2.10. The Balaban J connectivity index is 2.28. The van der Waals surface area contributed by atoms with Crippen LogP contribution in [0.4, 0.5) is 0 Å². The summed E-state index contributed by atoms with van der Waals surface area (Å²) in [4.78, 5) is 21.5. The van der Waals surface area contributed by atoms with Crippen molar-refractivity contribution in [3.8, 4) is 0 Å². The molecule has 5 heteroatoms. The third-order valence-corrected chi connectivity index (χ3v) is 3.67. The average Bonchev–Trinajstić information content (AvgIpc) is 2.45. The third-order valence-electron chi connectivity index (χ3n) is 3.22. The van der Waals surface area contributed by atoms with Gasteiger partial charge in [0, 0.05) is 0 Å². The van der Waals surface area contributed by atoms with Gasteiger partial charge in [0.2, 0.25) is 0 Å². The zero-order valence-electron chi connectivity index (χ0n) is 11.0. The largest absolute Gasteiger partial charge is 0.477 e. The predicted molar refractivity (Wildman–Crippen MR) is 80.0 cm³/mol. The first-order valence-electron chi connectivity index (χ1n) is 6.32. The molecule has 2 N–H and O–H groups in total. The van der Waals surface area contributed by atoms with Crippen molar-refractivity contribution in [3.05, 3.63) is 64.8 Å². The molecule has 1 aliphatic carbocycles. The van der Waals surface area contributed by atoms with Crippen LogP contribution < -0.4 is 0 Å². The standard InChI is InChI=1S/C16H13ClO4/c17-14-11(5-3-7-13(15(18)19)16(20)21)9-8-10-4-1-2-6-12(10)14/h1-7H,8-9H2,(H,18,19)(H,20,21)/b5-3+. The maximum Gasteiger partial charge on any atom is 0.343 e. The van der Waals surface area contributed by atoms with Crippen molar-refractivity contribution < 1.29 is 19.8 Å². The highest BCUT2D eigenvalue weighted by molar-refractivity contribution is 6.49. The number of aliphatic carboxylic acids is 2. The van der Waals surface area contributed by atoms with Crippen LogP contribution >= 0.6 is 11.6 Å². The van der Waals surface area contributed by atoms with Crippen LogP contribution in [0.5, 0.6) is 0 Å². The fourth-order valence-electron chi connectivity index (χ4n) is 2.16. The number of fused-ring (bicyclic) bond motifs is 1. The van der Waals surface area contributed by atoms with Gasteiger partial charge < -0.3 is 10.2 Å². The molecule has 2 rings (SSSR count). The summed E-state index contributed by atoms with van der Waals surface area (Å²) in [6.07, 6.45) is 5.70. The Morgan fingerprint density at radius 3 is 2.43 bits per heavy atom. The first-order chi connectivity index (χ1) is 10.0. The molecular formula is C16H13ClO4. The van der Waals surface area contributed by atoms with E-state index in [1.165, 1.54) is 11.6 Å². The highest BCUT2D eigenvalue weighted by Crippen LogP contribution is 2.34. The van der Waals surface area contributed by atoms with E-state index in [0.717, 1.165) is 30.1 Å². The predicted octanol–water partition coefficient (Wildman–Crippen LogP) is 3.23. The van der Waals surface area contributed by atoms with Crippen LogP contribution in [-0.4, -0.2) is 22.2 Å². The number of hydrogen-bond donors (Lipinski definition) is 2. The van der Waals surface area contributed by atoms with E-state index in [2.05, 4.69) is 0 Å². The molecule has 0 aliphatic heterocycles. The van der Waals surface area contributed by atoms with Gasteiger partial charge in [-0.2, -0.15) is 0 Å². The molecular weight excluding hydrogens is 292 g/mol. The maximum atomic E-state index is 10.7. The smallest absolute Gasteiger partial charge is 0.343 e. The Bertz CT molecular complexity index is 667. The van der Waals surface area contributed by atoms with Crippen molar-refractivity contribution in [2.75, 3.05) is 0 Å². The zero-order chi connectivity index (χ0) is 15.4. The van der Waals surface area contributed by atoms with Crippen LogP contribution in [-0.2, 0) is 16.0 Å². The molecule has 0 amide bonds. The summed E-state index contributed by atoms with van der Waals surface area (Å²) >= 11 is 6.33. The van der Waals surface area contributed by atoms with Gasteiger partial charge in [-0.3, -0.25) is 0 Å². The molecule has 0 spiro atoms. The lowest BCUT2D eigenvalue weighted by molar-refractivity contribution is -0.140. The van der Waals surface area contributed by atoms with Crippen LogP contribution in [0.2, 0.25) is 0 Å². The lowest BCUT2D eigenvalue weighted by atomic mass is 9.92. The second-order valence-corrected chi connectivity index (χ2v) is 4.92. The Morgan fingerprint density at radius 1 is 1.10 bits per heavy atom. The molecule has 0 aromatic heterocycles. The van der Waals surface area contributed by atoms with Crippen molar-refractivity contribution in [2.24, 2.45) is 0 Å². The van der Waals surface area contributed by atoms with Crippen LogP contribution in [0.1, 0.15) is 17.5 Å². The highest BCUT2D eigenvalue weighted by Gasteiger charge is 2.16. The van der Waals surface area contributed by atoms with E-state index in [1.807, 2.05) is 24.3 Å². The van der Waals surface area contributed by atoms with Crippen molar-refractivity contribution in [3.63, 3.8) is 0 Å². The van der Waals surface area contributed by atoms with Gasteiger partial charge in [-0.05, 0) is 35.6 Å². The fraction of sp³-hybridized carbons (Fsp3) is 0.125. The van der Waals surface area contributed by atoms with Gasteiger partial charge in [-0.15, -0.1) is 0 Å². The quantitative estimate of drug-likeness (QED) is 0.387. The summed E-state index contributed by atoms with van der Waals surface area (Å²) < 4.78 is 0. The van der Waals surface area contributed by atoms with Gasteiger partial charge in [0.15, 0.2) is 0 Å². The molecule has 0 atom stereocenters. The minimum Gasteiger partial charge on any atom is -0.477 e. The van der Waals surface area contributed by atoms with Gasteiger partial charge in [-0.25, -0.2) is 9.59 Å². The molecule has 0 heterocycles. The Kier molecular flexibility index (Phi) is 4.60. The first-order valence-corrected chi connectivity index (χ1v) is 6.70. The molecule has 1 aromatic rings. The van der Waals surface area contributed by atoms with Crippen molar-refractivity contribution >= 4 is 28.6 Å². The van der Waals surface area contributed by atoms with E-state index in [1.54, 1.807) is 6.08 Å². The molecule has 21 heavy (non-hydrogen) atoms. The van der Waals surface area contributed by atoms with Crippen LogP contribution in [0.15, 0.2) is 53.6 Å². The Hall–Kier alpha value is -2.33. The van der Waals surface area contributed by atoms with Crippen molar-refractivity contribution in [1.82, 2.24) is 0 Å². The number of benzene rings is 1. The average molecular weight is 305 g/mol. The third kappa shape index (κ3) is 3.41.